The van der Waals surface area contributed by atoms with Gasteiger partial charge in [0.2, 0.25) is 0 Å². The number of hydrogen-bond donors (Lipinski definition) is 1. The molecule has 5 heteroatoms. The van der Waals surface area contributed by atoms with Crippen LogP contribution in [0.15, 0.2) is 24.4 Å². The average Bonchev–Trinajstić information content (AvgIpc) is 2.66. The van der Waals surface area contributed by atoms with E-state index in [9.17, 15) is 4.39 Å². The summed E-state index contributed by atoms with van der Waals surface area (Å²) in [5.41, 5.74) is 6.44. The zero-order chi connectivity index (χ0) is 11.5. The van der Waals surface area contributed by atoms with E-state index in [1.54, 1.807) is 18.3 Å². The third kappa shape index (κ3) is 2.49. The van der Waals surface area contributed by atoms with E-state index in [2.05, 4.69) is 4.98 Å². The third-order valence-electron chi connectivity index (χ3n) is 2.03. The first kappa shape index (κ1) is 10.9. The monoisotopic (exact) mass is 238 g/mol. The number of ether oxygens (including phenoxy) is 1. The lowest BCUT2D eigenvalue weighted by Crippen LogP contribution is -1.95. The van der Waals surface area contributed by atoms with Gasteiger partial charge in [-0.15, -0.1) is 0 Å². The molecular weight excluding hydrogens is 227 g/mol. The Morgan fingerprint density at radius 3 is 3.00 bits per heavy atom. The van der Waals surface area contributed by atoms with Crippen LogP contribution in [0.3, 0.4) is 0 Å². The molecular formula is C11H11FN2OS. The first-order valence-electron chi connectivity index (χ1n) is 4.74. The van der Waals surface area contributed by atoms with Gasteiger partial charge in [-0.25, -0.2) is 9.37 Å². The number of aryl methyl sites for hydroxylation is 1. The van der Waals surface area contributed by atoms with Crippen molar-refractivity contribution < 1.29 is 9.13 Å². The minimum absolute atomic E-state index is 0.256. The van der Waals surface area contributed by atoms with Crippen molar-refractivity contribution in [3.05, 3.63) is 40.7 Å². The summed E-state index contributed by atoms with van der Waals surface area (Å²) in [6, 6.07) is 4.76. The fourth-order valence-corrected chi connectivity index (χ4v) is 1.86. The molecule has 3 nitrogen and oxygen atoms in total. The van der Waals surface area contributed by atoms with E-state index in [1.807, 2.05) is 6.92 Å². The second kappa shape index (κ2) is 4.49. The van der Waals surface area contributed by atoms with Crippen molar-refractivity contribution in [2.45, 2.75) is 13.5 Å². The Kier molecular flexibility index (Phi) is 3.05. The fraction of sp³-hybridized carbons (Fsp3) is 0.182. The Balaban J connectivity index is 2.07. The van der Waals surface area contributed by atoms with Crippen molar-refractivity contribution in [3.8, 4) is 5.75 Å². The number of nitrogens with two attached hydrogens (primary N) is 1. The van der Waals surface area contributed by atoms with Gasteiger partial charge in [-0.05, 0) is 24.6 Å². The number of aromatic nitrogens is 1. The van der Waals surface area contributed by atoms with Gasteiger partial charge in [0, 0.05) is 6.20 Å². The van der Waals surface area contributed by atoms with Crippen LogP contribution in [0.4, 0.5) is 9.52 Å². The van der Waals surface area contributed by atoms with Crippen LogP contribution in [0.5, 0.6) is 5.75 Å². The quantitative estimate of drug-likeness (QED) is 0.894. The smallest absolute Gasteiger partial charge is 0.180 e. The highest BCUT2D eigenvalue weighted by Crippen LogP contribution is 2.21. The molecule has 0 aliphatic heterocycles. The molecule has 1 heterocycles. The van der Waals surface area contributed by atoms with Crippen LogP contribution in [-0.2, 0) is 6.61 Å². The molecule has 0 unspecified atom stereocenters. The number of halogens is 1. The topological polar surface area (TPSA) is 48.1 Å². The predicted molar refractivity (Wildman–Crippen MR) is 62.0 cm³/mol. The van der Waals surface area contributed by atoms with Crippen LogP contribution in [0.25, 0.3) is 0 Å². The zero-order valence-electron chi connectivity index (χ0n) is 8.74. The zero-order valence-corrected chi connectivity index (χ0v) is 9.55. The number of anilines is 1. The Morgan fingerprint density at radius 1 is 1.50 bits per heavy atom. The highest BCUT2D eigenvalue weighted by atomic mass is 32.1. The molecule has 0 aliphatic carbocycles. The van der Waals surface area contributed by atoms with Crippen molar-refractivity contribution >= 4 is 16.5 Å². The van der Waals surface area contributed by atoms with Crippen molar-refractivity contribution in [2.24, 2.45) is 0 Å². The summed E-state index contributed by atoms with van der Waals surface area (Å²) in [5.74, 6) is -0.102. The van der Waals surface area contributed by atoms with Gasteiger partial charge in [-0.3, -0.25) is 0 Å². The first-order chi connectivity index (χ1) is 7.65. The highest BCUT2D eigenvalue weighted by Gasteiger charge is 2.05. The maximum absolute atomic E-state index is 13.3. The van der Waals surface area contributed by atoms with Crippen LogP contribution in [0.1, 0.15) is 10.4 Å². The molecule has 0 saturated heterocycles. The van der Waals surface area contributed by atoms with E-state index in [0.29, 0.717) is 5.13 Å². The maximum Gasteiger partial charge on any atom is 0.180 e. The fourth-order valence-electron chi connectivity index (χ4n) is 1.26. The van der Waals surface area contributed by atoms with Crippen molar-refractivity contribution in [2.75, 3.05) is 5.73 Å². The van der Waals surface area contributed by atoms with Gasteiger partial charge in [0.1, 0.15) is 6.61 Å². The Bertz CT molecular complexity index is 498. The van der Waals surface area contributed by atoms with Crippen LogP contribution in [0, 0.1) is 12.7 Å². The molecule has 0 bridgehead atoms. The van der Waals surface area contributed by atoms with E-state index in [-0.39, 0.29) is 18.2 Å². The van der Waals surface area contributed by atoms with Crippen LogP contribution >= 0.6 is 11.3 Å². The van der Waals surface area contributed by atoms with Gasteiger partial charge >= 0.3 is 0 Å². The molecule has 0 radical (unpaired) electrons. The van der Waals surface area contributed by atoms with Crippen LogP contribution < -0.4 is 10.5 Å². The van der Waals surface area contributed by atoms with Crippen LogP contribution in [-0.4, -0.2) is 4.98 Å². The predicted octanol–water partition coefficient (Wildman–Crippen LogP) is 2.75. The molecule has 1 aromatic heterocycles. The summed E-state index contributed by atoms with van der Waals surface area (Å²) in [6.07, 6.45) is 1.63. The largest absolute Gasteiger partial charge is 0.485 e. The van der Waals surface area contributed by atoms with E-state index in [1.165, 1.54) is 17.4 Å². The average molecular weight is 238 g/mol. The van der Waals surface area contributed by atoms with Gasteiger partial charge in [0.05, 0.1) is 4.88 Å². The number of benzene rings is 1. The molecule has 0 fully saturated rings. The minimum atomic E-state index is -0.358. The Labute approximate surface area is 96.7 Å². The normalized spacial score (nSPS) is 10.4. The lowest BCUT2D eigenvalue weighted by Gasteiger charge is -2.06. The van der Waals surface area contributed by atoms with Gasteiger partial charge in [-0.1, -0.05) is 17.4 Å². The molecule has 0 atom stereocenters. The highest BCUT2D eigenvalue weighted by molar-refractivity contribution is 7.15. The lowest BCUT2D eigenvalue weighted by molar-refractivity contribution is 0.293. The summed E-state index contributed by atoms with van der Waals surface area (Å²) in [7, 11) is 0. The standard InChI is InChI=1S/C11H11FN2OS/c1-7-2-3-9(12)10(4-7)15-6-8-5-14-11(13)16-8/h2-5H,6H2,1H3,(H2,13,14). The number of nitrogens with zero attached hydrogens (tertiary/aromatic N) is 1. The molecule has 0 aliphatic rings. The summed E-state index contributed by atoms with van der Waals surface area (Å²) >= 11 is 1.34. The molecule has 1 aromatic carbocycles. The molecule has 0 amide bonds. The summed E-state index contributed by atoms with van der Waals surface area (Å²) < 4.78 is 18.7. The van der Waals surface area contributed by atoms with Gasteiger partial charge in [0.15, 0.2) is 16.7 Å². The summed E-state index contributed by atoms with van der Waals surface area (Å²) in [5, 5.41) is 0.489. The second-order valence-corrected chi connectivity index (χ2v) is 4.53. The van der Waals surface area contributed by atoms with E-state index >= 15 is 0 Å². The van der Waals surface area contributed by atoms with Gasteiger partial charge < -0.3 is 10.5 Å². The second-order valence-electron chi connectivity index (χ2n) is 3.39. The maximum atomic E-state index is 13.3. The summed E-state index contributed by atoms with van der Waals surface area (Å²) in [6.45, 7) is 2.17. The molecule has 0 saturated carbocycles. The number of hydrogen-bond acceptors (Lipinski definition) is 4. The number of rotatable bonds is 3. The molecule has 2 N–H and O–H groups in total. The molecule has 84 valence electrons. The van der Waals surface area contributed by atoms with E-state index in [4.69, 9.17) is 10.5 Å². The SMILES string of the molecule is Cc1ccc(F)c(OCc2cnc(N)s2)c1. The van der Waals surface area contributed by atoms with Gasteiger partial charge in [-0.2, -0.15) is 0 Å². The molecule has 0 spiro atoms. The molecule has 2 rings (SSSR count). The first-order valence-corrected chi connectivity index (χ1v) is 5.56. The van der Waals surface area contributed by atoms with Crippen LogP contribution in [0.2, 0.25) is 0 Å². The molecule has 16 heavy (non-hydrogen) atoms. The summed E-state index contributed by atoms with van der Waals surface area (Å²) in [4.78, 5) is 4.76. The minimum Gasteiger partial charge on any atom is -0.485 e. The lowest BCUT2D eigenvalue weighted by atomic mass is 10.2. The van der Waals surface area contributed by atoms with E-state index in [0.717, 1.165) is 10.4 Å². The third-order valence-corrected chi connectivity index (χ3v) is 2.83. The van der Waals surface area contributed by atoms with Crippen molar-refractivity contribution in [1.82, 2.24) is 4.98 Å². The molecule has 2 aromatic rings. The van der Waals surface area contributed by atoms with Gasteiger partial charge in [0.25, 0.3) is 0 Å². The van der Waals surface area contributed by atoms with Crippen molar-refractivity contribution in [1.29, 1.82) is 0 Å². The Hall–Kier alpha value is -1.62. The number of thiazole rings is 1. The Morgan fingerprint density at radius 2 is 2.31 bits per heavy atom. The van der Waals surface area contributed by atoms with E-state index < -0.39 is 0 Å². The van der Waals surface area contributed by atoms with Crippen molar-refractivity contribution in [3.63, 3.8) is 0 Å². The number of nitrogen functional groups attached to an aromatic ring is 1.